The van der Waals surface area contributed by atoms with Gasteiger partial charge in [0, 0.05) is 6.54 Å². The van der Waals surface area contributed by atoms with E-state index < -0.39 is 5.97 Å². The zero-order valence-corrected chi connectivity index (χ0v) is 11.8. The first-order chi connectivity index (χ1) is 10.2. The van der Waals surface area contributed by atoms with Crippen LogP contribution in [0.4, 0.5) is 0 Å². The van der Waals surface area contributed by atoms with Crippen LogP contribution in [-0.4, -0.2) is 29.1 Å². The minimum atomic E-state index is -0.803. The summed E-state index contributed by atoms with van der Waals surface area (Å²) in [4.78, 5) is 13.3. The average molecular weight is 285 g/mol. The SMILES string of the molecule is O=C(O)CN(CC1CC1)C(c1ccccc1)c1ccco1. The van der Waals surface area contributed by atoms with Crippen LogP contribution in [0.5, 0.6) is 0 Å². The number of hydrogen-bond donors (Lipinski definition) is 1. The fraction of sp³-hybridized carbons (Fsp3) is 0.353. The number of nitrogens with zero attached hydrogens (tertiary/aromatic N) is 1. The van der Waals surface area contributed by atoms with E-state index in [0.717, 1.165) is 17.9 Å². The molecule has 1 aliphatic rings. The lowest BCUT2D eigenvalue weighted by Crippen LogP contribution is -2.35. The maximum absolute atomic E-state index is 11.2. The van der Waals surface area contributed by atoms with Crippen molar-refractivity contribution < 1.29 is 14.3 Å². The van der Waals surface area contributed by atoms with Gasteiger partial charge in [-0.05, 0) is 36.5 Å². The molecule has 4 nitrogen and oxygen atoms in total. The van der Waals surface area contributed by atoms with E-state index in [-0.39, 0.29) is 12.6 Å². The summed E-state index contributed by atoms with van der Waals surface area (Å²) in [6.45, 7) is 0.823. The molecule has 1 fully saturated rings. The van der Waals surface area contributed by atoms with Crippen LogP contribution in [0.2, 0.25) is 0 Å². The summed E-state index contributed by atoms with van der Waals surface area (Å²) in [6, 6.07) is 13.6. The highest BCUT2D eigenvalue weighted by Crippen LogP contribution is 2.35. The standard InChI is InChI=1S/C17H19NO3/c19-16(20)12-18(11-13-8-9-13)17(15-7-4-10-21-15)14-5-2-1-3-6-14/h1-7,10,13,17H,8-9,11-12H2,(H,19,20). The number of rotatable bonds is 7. The van der Waals surface area contributed by atoms with Gasteiger partial charge in [0.15, 0.2) is 0 Å². The molecule has 3 rings (SSSR count). The number of carbonyl (C=O) groups is 1. The molecule has 2 aromatic rings. The predicted octanol–water partition coefficient (Wildman–Crippen LogP) is 3.17. The van der Waals surface area contributed by atoms with Gasteiger partial charge in [-0.2, -0.15) is 0 Å². The second kappa shape index (κ2) is 6.14. The number of carboxylic acid groups (broad SMARTS) is 1. The summed E-state index contributed by atoms with van der Waals surface area (Å²) in [5.41, 5.74) is 1.06. The molecule has 4 heteroatoms. The van der Waals surface area contributed by atoms with Crippen LogP contribution in [0.1, 0.15) is 30.2 Å². The molecule has 1 unspecified atom stereocenters. The molecule has 0 bridgehead atoms. The lowest BCUT2D eigenvalue weighted by atomic mass is 10.0. The third kappa shape index (κ3) is 3.52. The third-order valence-electron chi connectivity index (χ3n) is 3.82. The fourth-order valence-electron chi connectivity index (χ4n) is 2.70. The smallest absolute Gasteiger partial charge is 0.317 e. The summed E-state index contributed by atoms with van der Waals surface area (Å²) in [5.74, 6) is 0.608. The molecule has 110 valence electrons. The van der Waals surface area contributed by atoms with Gasteiger partial charge in [0.05, 0.1) is 18.8 Å². The van der Waals surface area contributed by atoms with Crippen LogP contribution in [0.25, 0.3) is 0 Å². The molecule has 0 spiro atoms. The second-order valence-corrected chi connectivity index (χ2v) is 5.60. The summed E-state index contributed by atoms with van der Waals surface area (Å²) < 4.78 is 5.58. The molecular weight excluding hydrogens is 266 g/mol. The molecule has 1 aromatic carbocycles. The fourth-order valence-corrected chi connectivity index (χ4v) is 2.70. The highest BCUT2D eigenvalue weighted by atomic mass is 16.4. The second-order valence-electron chi connectivity index (χ2n) is 5.60. The van der Waals surface area contributed by atoms with Crippen molar-refractivity contribution in [3.8, 4) is 0 Å². The quantitative estimate of drug-likeness (QED) is 0.849. The summed E-state index contributed by atoms with van der Waals surface area (Å²) >= 11 is 0. The Labute approximate surface area is 124 Å². The lowest BCUT2D eigenvalue weighted by Gasteiger charge is -2.29. The van der Waals surface area contributed by atoms with Crippen molar-refractivity contribution in [2.45, 2.75) is 18.9 Å². The first-order valence-corrected chi connectivity index (χ1v) is 7.28. The zero-order valence-electron chi connectivity index (χ0n) is 11.8. The Morgan fingerprint density at radius 2 is 2.00 bits per heavy atom. The van der Waals surface area contributed by atoms with Crippen molar-refractivity contribution in [3.63, 3.8) is 0 Å². The largest absolute Gasteiger partial charge is 0.480 e. The van der Waals surface area contributed by atoms with E-state index in [0.29, 0.717) is 5.92 Å². The van der Waals surface area contributed by atoms with E-state index in [1.807, 2.05) is 47.4 Å². The van der Waals surface area contributed by atoms with E-state index in [1.54, 1.807) is 6.26 Å². The van der Waals surface area contributed by atoms with Gasteiger partial charge in [-0.15, -0.1) is 0 Å². The van der Waals surface area contributed by atoms with Crippen molar-refractivity contribution >= 4 is 5.97 Å². The molecule has 1 heterocycles. The van der Waals surface area contributed by atoms with Crippen molar-refractivity contribution in [2.24, 2.45) is 5.92 Å². The Morgan fingerprint density at radius 3 is 2.57 bits per heavy atom. The number of hydrogen-bond acceptors (Lipinski definition) is 3. The molecule has 21 heavy (non-hydrogen) atoms. The van der Waals surface area contributed by atoms with Gasteiger partial charge in [-0.1, -0.05) is 30.3 Å². The van der Waals surface area contributed by atoms with Crippen LogP contribution >= 0.6 is 0 Å². The highest BCUT2D eigenvalue weighted by Gasteiger charge is 2.32. The number of carboxylic acids is 1. The Kier molecular flexibility index (Phi) is 4.06. The predicted molar refractivity (Wildman–Crippen MR) is 78.9 cm³/mol. The molecule has 0 radical (unpaired) electrons. The summed E-state index contributed by atoms with van der Waals surface area (Å²) in [6.07, 6.45) is 4.02. The molecule has 1 atom stereocenters. The van der Waals surface area contributed by atoms with Crippen LogP contribution in [0.3, 0.4) is 0 Å². The van der Waals surface area contributed by atoms with Gasteiger partial charge in [0.1, 0.15) is 5.76 Å². The van der Waals surface area contributed by atoms with E-state index in [9.17, 15) is 9.90 Å². The van der Waals surface area contributed by atoms with Crippen LogP contribution in [0.15, 0.2) is 53.1 Å². The van der Waals surface area contributed by atoms with Gasteiger partial charge >= 0.3 is 5.97 Å². The molecular formula is C17H19NO3. The van der Waals surface area contributed by atoms with Gasteiger partial charge in [0.2, 0.25) is 0 Å². The minimum absolute atomic E-state index is 0.0246. The highest BCUT2D eigenvalue weighted by molar-refractivity contribution is 5.69. The topological polar surface area (TPSA) is 53.7 Å². The normalized spacial score (nSPS) is 16.0. The van der Waals surface area contributed by atoms with Crippen molar-refractivity contribution in [1.82, 2.24) is 4.90 Å². The zero-order chi connectivity index (χ0) is 14.7. The minimum Gasteiger partial charge on any atom is -0.480 e. The Bertz CT molecular complexity index is 575. The lowest BCUT2D eigenvalue weighted by molar-refractivity contribution is -0.138. The van der Waals surface area contributed by atoms with Gasteiger partial charge in [0.25, 0.3) is 0 Å². The number of aliphatic carboxylic acids is 1. The molecule has 0 amide bonds. The number of benzene rings is 1. The monoisotopic (exact) mass is 285 g/mol. The Balaban J connectivity index is 1.93. The van der Waals surface area contributed by atoms with Crippen molar-refractivity contribution in [3.05, 3.63) is 60.1 Å². The number of furan rings is 1. The van der Waals surface area contributed by atoms with Gasteiger partial charge in [-0.25, -0.2) is 0 Å². The molecule has 0 saturated heterocycles. The third-order valence-corrected chi connectivity index (χ3v) is 3.82. The van der Waals surface area contributed by atoms with Crippen LogP contribution < -0.4 is 0 Å². The summed E-state index contributed by atoms with van der Waals surface area (Å²) in [5, 5.41) is 9.24. The van der Waals surface area contributed by atoms with E-state index in [4.69, 9.17) is 4.42 Å². The van der Waals surface area contributed by atoms with Crippen molar-refractivity contribution in [1.29, 1.82) is 0 Å². The van der Waals surface area contributed by atoms with E-state index >= 15 is 0 Å². The first-order valence-electron chi connectivity index (χ1n) is 7.28. The first kappa shape index (κ1) is 13.9. The van der Waals surface area contributed by atoms with E-state index in [2.05, 4.69) is 0 Å². The molecule has 1 aromatic heterocycles. The molecule has 1 saturated carbocycles. The Morgan fingerprint density at radius 1 is 1.24 bits per heavy atom. The molecule has 1 aliphatic carbocycles. The molecule has 0 aliphatic heterocycles. The van der Waals surface area contributed by atoms with Crippen LogP contribution in [0, 0.1) is 5.92 Å². The van der Waals surface area contributed by atoms with Crippen LogP contribution in [-0.2, 0) is 4.79 Å². The van der Waals surface area contributed by atoms with Crippen molar-refractivity contribution in [2.75, 3.05) is 13.1 Å². The van der Waals surface area contributed by atoms with Gasteiger partial charge in [-0.3, -0.25) is 9.69 Å². The maximum atomic E-state index is 11.2. The molecule has 1 N–H and O–H groups in total. The Hall–Kier alpha value is -2.07. The van der Waals surface area contributed by atoms with E-state index in [1.165, 1.54) is 12.8 Å². The summed E-state index contributed by atoms with van der Waals surface area (Å²) in [7, 11) is 0. The average Bonchev–Trinajstić information content (AvgIpc) is 3.12. The van der Waals surface area contributed by atoms with Gasteiger partial charge < -0.3 is 9.52 Å². The maximum Gasteiger partial charge on any atom is 0.317 e.